The first kappa shape index (κ1) is 17.3. The van der Waals surface area contributed by atoms with Gasteiger partial charge < -0.3 is 10.6 Å². The Hall–Kier alpha value is -2.09. The molecule has 0 unspecified atom stereocenters. The highest BCUT2D eigenvalue weighted by atomic mass is 35.5. The number of nitriles is 1. The minimum atomic E-state index is 0.424. The molecule has 0 aromatic heterocycles. The first-order chi connectivity index (χ1) is 11.2. The van der Waals surface area contributed by atoms with Gasteiger partial charge in [-0.2, -0.15) is 5.26 Å². The number of hydrogen-bond donors (Lipinski definition) is 2. The molecule has 0 aliphatic carbocycles. The van der Waals surface area contributed by atoms with Crippen LogP contribution in [0.25, 0.3) is 0 Å². The third-order valence-corrected chi connectivity index (χ3v) is 3.83. The summed E-state index contributed by atoms with van der Waals surface area (Å²) in [6.45, 7) is 0.807. The van der Waals surface area contributed by atoms with E-state index in [0.717, 1.165) is 35.7 Å². The second kappa shape index (κ2) is 9.14. The third kappa shape index (κ3) is 6.27. The molecule has 118 valence electrons. The van der Waals surface area contributed by atoms with Crippen LogP contribution >= 0.6 is 23.8 Å². The second-order valence-corrected chi connectivity index (χ2v) is 5.99. The molecule has 0 aliphatic rings. The third-order valence-electron chi connectivity index (χ3n) is 3.34. The zero-order valence-corrected chi connectivity index (χ0v) is 14.3. The van der Waals surface area contributed by atoms with Gasteiger partial charge in [-0.3, -0.25) is 0 Å². The normalized spacial score (nSPS) is 9.91. The van der Waals surface area contributed by atoms with Gasteiger partial charge in [0.2, 0.25) is 0 Å². The Bertz CT molecular complexity index is 675. The van der Waals surface area contributed by atoms with E-state index in [1.54, 1.807) is 0 Å². The Morgan fingerprint density at radius 1 is 1.04 bits per heavy atom. The van der Waals surface area contributed by atoms with E-state index in [1.165, 1.54) is 5.56 Å². The average molecular weight is 344 g/mol. The Kier molecular flexibility index (Phi) is 6.86. The van der Waals surface area contributed by atoms with Gasteiger partial charge >= 0.3 is 0 Å². The number of hydrogen-bond acceptors (Lipinski definition) is 2. The highest BCUT2D eigenvalue weighted by Crippen LogP contribution is 2.11. The van der Waals surface area contributed by atoms with E-state index in [-0.39, 0.29) is 0 Å². The van der Waals surface area contributed by atoms with Crippen molar-refractivity contribution >= 4 is 34.6 Å². The molecule has 0 aliphatic heterocycles. The van der Waals surface area contributed by atoms with Gasteiger partial charge in [0, 0.05) is 17.3 Å². The van der Waals surface area contributed by atoms with E-state index in [0.29, 0.717) is 11.5 Å². The van der Waals surface area contributed by atoms with Gasteiger partial charge in [0.25, 0.3) is 0 Å². The lowest BCUT2D eigenvalue weighted by molar-refractivity contribution is 0.777. The number of nitrogens with zero attached hydrogens (tertiary/aromatic N) is 1. The fourth-order valence-corrected chi connectivity index (χ4v) is 2.46. The molecule has 2 rings (SSSR count). The molecule has 3 nitrogen and oxygen atoms in total. The predicted molar refractivity (Wildman–Crippen MR) is 99.8 cm³/mol. The molecule has 2 aromatic rings. The fraction of sp³-hybridized carbons (Fsp3) is 0.222. The van der Waals surface area contributed by atoms with Crippen LogP contribution in [0.15, 0.2) is 48.5 Å². The van der Waals surface area contributed by atoms with Gasteiger partial charge in [-0.1, -0.05) is 35.9 Å². The summed E-state index contributed by atoms with van der Waals surface area (Å²) in [5, 5.41) is 16.3. The van der Waals surface area contributed by atoms with Crippen molar-refractivity contribution < 1.29 is 0 Å². The summed E-state index contributed by atoms with van der Waals surface area (Å²) in [4.78, 5) is 0. The van der Waals surface area contributed by atoms with Crippen LogP contribution < -0.4 is 10.6 Å². The van der Waals surface area contributed by atoms with Crippen LogP contribution in [0.3, 0.4) is 0 Å². The van der Waals surface area contributed by atoms with Crippen molar-refractivity contribution in [3.8, 4) is 6.07 Å². The van der Waals surface area contributed by atoms with E-state index >= 15 is 0 Å². The average Bonchev–Trinajstić information content (AvgIpc) is 2.55. The van der Waals surface area contributed by atoms with Gasteiger partial charge in [0.1, 0.15) is 0 Å². The van der Waals surface area contributed by atoms with Gasteiger partial charge in [0.15, 0.2) is 5.11 Å². The molecule has 0 bridgehead atoms. The Morgan fingerprint density at radius 2 is 1.70 bits per heavy atom. The number of aryl methyl sites for hydroxylation is 1. The van der Waals surface area contributed by atoms with Gasteiger partial charge in [0.05, 0.1) is 12.5 Å². The molecule has 0 saturated carbocycles. The first-order valence-electron chi connectivity index (χ1n) is 7.42. The first-order valence-corrected chi connectivity index (χ1v) is 8.21. The van der Waals surface area contributed by atoms with Crippen LogP contribution in [0.2, 0.25) is 5.02 Å². The summed E-state index contributed by atoms with van der Waals surface area (Å²) in [6.07, 6.45) is 2.40. The summed E-state index contributed by atoms with van der Waals surface area (Å²) < 4.78 is 0. The van der Waals surface area contributed by atoms with Crippen molar-refractivity contribution in [2.75, 3.05) is 11.9 Å². The molecule has 0 heterocycles. The van der Waals surface area contributed by atoms with Crippen LogP contribution in [0, 0.1) is 11.3 Å². The lowest BCUT2D eigenvalue weighted by Gasteiger charge is -2.11. The van der Waals surface area contributed by atoms with Gasteiger partial charge in [-0.25, -0.2) is 0 Å². The van der Waals surface area contributed by atoms with Crippen LogP contribution in [-0.4, -0.2) is 11.7 Å². The molecule has 0 spiro atoms. The van der Waals surface area contributed by atoms with Crippen molar-refractivity contribution in [1.82, 2.24) is 5.32 Å². The van der Waals surface area contributed by atoms with Crippen LogP contribution in [-0.2, 0) is 12.8 Å². The van der Waals surface area contributed by atoms with E-state index in [4.69, 9.17) is 29.1 Å². The zero-order chi connectivity index (χ0) is 16.5. The van der Waals surface area contributed by atoms with E-state index in [2.05, 4.69) is 16.7 Å². The summed E-state index contributed by atoms with van der Waals surface area (Å²) in [5.41, 5.74) is 3.19. The van der Waals surface area contributed by atoms with Crippen LogP contribution in [0.5, 0.6) is 0 Å². The largest absolute Gasteiger partial charge is 0.362 e. The smallest absolute Gasteiger partial charge is 0.170 e. The van der Waals surface area contributed by atoms with Crippen molar-refractivity contribution in [2.24, 2.45) is 0 Å². The minimum Gasteiger partial charge on any atom is -0.362 e. The number of anilines is 1. The summed E-state index contributed by atoms with van der Waals surface area (Å²) in [6, 6.07) is 17.7. The molecule has 0 amide bonds. The lowest BCUT2D eigenvalue weighted by atomic mass is 10.1. The zero-order valence-electron chi connectivity index (χ0n) is 12.7. The van der Waals surface area contributed by atoms with E-state index in [9.17, 15) is 0 Å². The SMILES string of the molecule is N#CCc1ccc(NC(=S)NCCCc2ccc(Cl)cc2)cc1. The minimum absolute atomic E-state index is 0.424. The number of nitrogens with one attached hydrogen (secondary N) is 2. The molecule has 2 N–H and O–H groups in total. The number of benzene rings is 2. The van der Waals surface area contributed by atoms with Crippen LogP contribution in [0.1, 0.15) is 17.5 Å². The van der Waals surface area contributed by atoms with Gasteiger partial charge in [-0.05, 0) is 60.5 Å². The quantitative estimate of drug-likeness (QED) is 0.605. The van der Waals surface area contributed by atoms with E-state index in [1.807, 2.05) is 48.5 Å². The highest BCUT2D eigenvalue weighted by molar-refractivity contribution is 7.80. The Morgan fingerprint density at radius 3 is 2.35 bits per heavy atom. The van der Waals surface area contributed by atoms with Gasteiger partial charge in [-0.15, -0.1) is 0 Å². The highest BCUT2D eigenvalue weighted by Gasteiger charge is 1.99. The Balaban J connectivity index is 1.68. The monoisotopic (exact) mass is 343 g/mol. The topological polar surface area (TPSA) is 47.9 Å². The van der Waals surface area contributed by atoms with Crippen molar-refractivity contribution in [3.05, 3.63) is 64.7 Å². The van der Waals surface area contributed by atoms with Crippen molar-refractivity contribution in [1.29, 1.82) is 5.26 Å². The molecular formula is C18H18ClN3S. The molecule has 23 heavy (non-hydrogen) atoms. The lowest BCUT2D eigenvalue weighted by Crippen LogP contribution is -2.29. The molecule has 5 heteroatoms. The maximum absolute atomic E-state index is 8.65. The number of thiocarbonyl (C=S) groups is 1. The van der Waals surface area contributed by atoms with Crippen LogP contribution in [0.4, 0.5) is 5.69 Å². The maximum Gasteiger partial charge on any atom is 0.170 e. The standard InChI is InChI=1S/C18H18ClN3S/c19-16-7-3-14(4-8-16)2-1-13-21-18(23)22-17-9-5-15(6-10-17)11-12-20/h3-10H,1-2,11,13H2,(H2,21,22,23). The summed E-state index contributed by atoms with van der Waals surface area (Å²) in [7, 11) is 0. The molecule has 0 saturated heterocycles. The van der Waals surface area contributed by atoms with E-state index < -0.39 is 0 Å². The molecule has 0 atom stereocenters. The molecule has 0 radical (unpaired) electrons. The van der Waals surface area contributed by atoms with Crippen molar-refractivity contribution in [2.45, 2.75) is 19.3 Å². The summed E-state index contributed by atoms with van der Waals surface area (Å²) >= 11 is 11.1. The predicted octanol–water partition coefficient (Wildman–Crippen LogP) is 4.33. The molecule has 0 fully saturated rings. The van der Waals surface area contributed by atoms with Crippen molar-refractivity contribution in [3.63, 3.8) is 0 Å². The second-order valence-electron chi connectivity index (χ2n) is 5.14. The Labute approximate surface area is 147 Å². The molecule has 2 aromatic carbocycles. The number of halogens is 1. The summed E-state index contributed by atoms with van der Waals surface area (Å²) in [5.74, 6) is 0. The fourth-order valence-electron chi connectivity index (χ4n) is 2.12. The molecular weight excluding hydrogens is 326 g/mol. The maximum atomic E-state index is 8.65. The number of rotatable bonds is 6.